The van der Waals surface area contributed by atoms with Crippen LogP contribution in [0.4, 0.5) is 0 Å². The number of carbonyl (C=O) groups is 1. The van der Waals surface area contributed by atoms with Crippen LogP contribution in [0.3, 0.4) is 0 Å². The van der Waals surface area contributed by atoms with E-state index < -0.39 is 0 Å². The average Bonchev–Trinajstić information content (AvgIpc) is 2.42. The molecule has 0 aromatic heterocycles. The van der Waals surface area contributed by atoms with Gasteiger partial charge >= 0.3 is 0 Å². The largest absolute Gasteiger partial charge is 0.340 e. The fourth-order valence-electron chi connectivity index (χ4n) is 2.62. The standard InChI is InChI=1S/C17H24Cl2N2O/c1-17(2,3)11-16(22)21-8-6-20(7-9-21)12-13-4-5-14(18)15(19)10-13/h4-5,10H,6-9,11-12H2,1-3H3. The summed E-state index contributed by atoms with van der Waals surface area (Å²) in [4.78, 5) is 16.6. The highest BCUT2D eigenvalue weighted by molar-refractivity contribution is 6.42. The molecule has 0 N–H and O–H groups in total. The highest BCUT2D eigenvalue weighted by atomic mass is 35.5. The third-order valence-electron chi connectivity index (χ3n) is 3.80. The smallest absolute Gasteiger partial charge is 0.223 e. The lowest BCUT2D eigenvalue weighted by Crippen LogP contribution is -2.48. The van der Waals surface area contributed by atoms with Crippen molar-refractivity contribution < 1.29 is 4.79 Å². The molecule has 122 valence electrons. The van der Waals surface area contributed by atoms with Gasteiger partial charge in [0.25, 0.3) is 0 Å². The van der Waals surface area contributed by atoms with Gasteiger partial charge in [-0.3, -0.25) is 9.69 Å². The molecule has 1 fully saturated rings. The number of benzene rings is 1. The van der Waals surface area contributed by atoms with Crippen LogP contribution in [0.5, 0.6) is 0 Å². The third kappa shape index (κ3) is 5.15. The first-order valence-electron chi connectivity index (χ1n) is 7.69. The first-order valence-corrected chi connectivity index (χ1v) is 8.44. The van der Waals surface area contributed by atoms with E-state index >= 15 is 0 Å². The van der Waals surface area contributed by atoms with E-state index in [2.05, 4.69) is 25.7 Å². The van der Waals surface area contributed by atoms with Gasteiger partial charge in [-0.15, -0.1) is 0 Å². The minimum absolute atomic E-state index is 0.0499. The Bertz CT molecular complexity index is 532. The van der Waals surface area contributed by atoms with E-state index in [4.69, 9.17) is 23.2 Å². The molecule has 0 radical (unpaired) electrons. The minimum Gasteiger partial charge on any atom is -0.340 e. The Morgan fingerprint density at radius 1 is 1.09 bits per heavy atom. The summed E-state index contributed by atoms with van der Waals surface area (Å²) < 4.78 is 0. The van der Waals surface area contributed by atoms with Gasteiger partial charge in [-0.1, -0.05) is 50.0 Å². The summed E-state index contributed by atoms with van der Waals surface area (Å²) in [5.41, 5.74) is 1.21. The lowest BCUT2D eigenvalue weighted by molar-refractivity contribution is -0.134. The molecule has 1 aliphatic heterocycles. The molecule has 0 atom stereocenters. The quantitative estimate of drug-likeness (QED) is 0.826. The number of hydrogen-bond acceptors (Lipinski definition) is 2. The Labute approximate surface area is 143 Å². The monoisotopic (exact) mass is 342 g/mol. The predicted molar refractivity (Wildman–Crippen MR) is 92.4 cm³/mol. The fourth-order valence-corrected chi connectivity index (χ4v) is 2.94. The van der Waals surface area contributed by atoms with Crippen molar-refractivity contribution >= 4 is 29.1 Å². The molecule has 0 saturated carbocycles. The van der Waals surface area contributed by atoms with E-state index in [1.807, 2.05) is 23.1 Å². The van der Waals surface area contributed by atoms with Gasteiger partial charge < -0.3 is 4.90 Å². The van der Waals surface area contributed by atoms with Crippen molar-refractivity contribution in [2.45, 2.75) is 33.7 Å². The normalized spacial score (nSPS) is 16.9. The van der Waals surface area contributed by atoms with Gasteiger partial charge in [-0.25, -0.2) is 0 Å². The van der Waals surface area contributed by atoms with Crippen molar-refractivity contribution in [2.75, 3.05) is 26.2 Å². The molecular weight excluding hydrogens is 319 g/mol. The molecule has 0 bridgehead atoms. The van der Waals surface area contributed by atoms with Crippen molar-refractivity contribution in [2.24, 2.45) is 5.41 Å². The van der Waals surface area contributed by atoms with Crippen molar-refractivity contribution in [3.8, 4) is 0 Å². The van der Waals surface area contributed by atoms with Crippen molar-refractivity contribution in [3.05, 3.63) is 33.8 Å². The van der Waals surface area contributed by atoms with Gasteiger partial charge in [-0.2, -0.15) is 0 Å². The molecule has 22 heavy (non-hydrogen) atoms. The maximum atomic E-state index is 12.2. The number of carbonyl (C=O) groups excluding carboxylic acids is 1. The highest BCUT2D eigenvalue weighted by Crippen LogP contribution is 2.24. The van der Waals surface area contributed by atoms with Crippen LogP contribution >= 0.6 is 23.2 Å². The Morgan fingerprint density at radius 3 is 2.27 bits per heavy atom. The minimum atomic E-state index is 0.0499. The maximum absolute atomic E-state index is 12.2. The van der Waals surface area contributed by atoms with Crippen LogP contribution in [0, 0.1) is 5.41 Å². The first-order chi connectivity index (χ1) is 10.2. The molecule has 1 aromatic rings. The molecule has 3 nitrogen and oxygen atoms in total. The predicted octanol–water partition coefficient (Wildman–Crippen LogP) is 4.07. The van der Waals surface area contributed by atoms with Gasteiger partial charge in [0.15, 0.2) is 0 Å². The van der Waals surface area contributed by atoms with Gasteiger partial charge in [0.1, 0.15) is 0 Å². The summed E-state index contributed by atoms with van der Waals surface area (Å²) in [6, 6.07) is 5.76. The Morgan fingerprint density at radius 2 is 1.73 bits per heavy atom. The van der Waals surface area contributed by atoms with Crippen LogP contribution in [0.15, 0.2) is 18.2 Å². The SMILES string of the molecule is CC(C)(C)CC(=O)N1CCN(Cc2ccc(Cl)c(Cl)c2)CC1. The topological polar surface area (TPSA) is 23.6 Å². The van der Waals surface area contributed by atoms with Crippen molar-refractivity contribution in [3.63, 3.8) is 0 Å². The summed E-state index contributed by atoms with van der Waals surface area (Å²) in [7, 11) is 0. The molecule has 0 unspecified atom stereocenters. The molecule has 1 aliphatic rings. The van der Waals surface area contributed by atoms with E-state index in [1.165, 1.54) is 0 Å². The molecule has 1 amide bonds. The average molecular weight is 343 g/mol. The number of hydrogen-bond donors (Lipinski definition) is 0. The van der Waals surface area contributed by atoms with Crippen molar-refractivity contribution in [1.82, 2.24) is 9.80 Å². The number of piperazine rings is 1. The molecule has 0 aliphatic carbocycles. The summed E-state index contributed by atoms with van der Waals surface area (Å²) >= 11 is 12.0. The maximum Gasteiger partial charge on any atom is 0.223 e. The number of nitrogens with zero attached hydrogens (tertiary/aromatic N) is 2. The number of rotatable bonds is 3. The van der Waals surface area contributed by atoms with Crippen LogP contribution < -0.4 is 0 Å². The van der Waals surface area contributed by atoms with Crippen LogP contribution in [0.2, 0.25) is 10.0 Å². The van der Waals surface area contributed by atoms with E-state index in [0.717, 1.165) is 38.3 Å². The summed E-state index contributed by atoms with van der Waals surface area (Å²) in [6.07, 6.45) is 0.611. The second-order valence-corrected chi connectivity index (χ2v) is 7.96. The Hall–Kier alpha value is -0.770. The van der Waals surface area contributed by atoms with E-state index in [9.17, 15) is 4.79 Å². The van der Waals surface area contributed by atoms with Crippen LogP contribution in [-0.2, 0) is 11.3 Å². The summed E-state index contributed by atoms with van der Waals surface area (Å²) in [6.45, 7) is 10.6. The number of halogens is 2. The van der Waals surface area contributed by atoms with Gasteiger partial charge in [0.2, 0.25) is 5.91 Å². The molecule has 0 spiro atoms. The van der Waals surface area contributed by atoms with Crippen LogP contribution in [0.1, 0.15) is 32.8 Å². The van der Waals surface area contributed by atoms with Crippen LogP contribution in [-0.4, -0.2) is 41.9 Å². The molecule has 1 heterocycles. The zero-order valence-electron chi connectivity index (χ0n) is 13.5. The highest BCUT2D eigenvalue weighted by Gasteiger charge is 2.24. The first kappa shape index (κ1) is 17.6. The lowest BCUT2D eigenvalue weighted by Gasteiger charge is -2.36. The fraction of sp³-hybridized carbons (Fsp3) is 0.588. The molecule has 5 heteroatoms. The summed E-state index contributed by atoms with van der Waals surface area (Å²) in [5, 5.41) is 1.18. The van der Waals surface area contributed by atoms with E-state index in [1.54, 1.807) is 0 Å². The van der Waals surface area contributed by atoms with E-state index in [-0.39, 0.29) is 11.3 Å². The zero-order chi connectivity index (χ0) is 16.3. The lowest BCUT2D eigenvalue weighted by atomic mass is 9.91. The Kier molecular flexibility index (Phi) is 5.76. The van der Waals surface area contributed by atoms with Crippen LogP contribution in [0.25, 0.3) is 0 Å². The van der Waals surface area contributed by atoms with Crippen molar-refractivity contribution in [1.29, 1.82) is 0 Å². The second kappa shape index (κ2) is 7.20. The molecule has 1 saturated heterocycles. The molecule has 2 rings (SSSR count). The third-order valence-corrected chi connectivity index (χ3v) is 4.54. The number of amides is 1. The van der Waals surface area contributed by atoms with Gasteiger partial charge in [0.05, 0.1) is 10.0 Å². The zero-order valence-corrected chi connectivity index (χ0v) is 15.0. The summed E-state index contributed by atoms with van der Waals surface area (Å²) in [5.74, 6) is 0.265. The Balaban J connectivity index is 1.84. The molecule has 1 aromatic carbocycles. The molecular formula is C17H24Cl2N2O. The van der Waals surface area contributed by atoms with Gasteiger partial charge in [-0.05, 0) is 23.1 Å². The van der Waals surface area contributed by atoms with E-state index in [0.29, 0.717) is 16.5 Å². The second-order valence-electron chi connectivity index (χ2n) is 7.14. The van der Waals surface area contributed by atoms with Gasteiger partial charge in [0, 0.05) is 39.1 Å².